The lowest BCUT2D eigenvalue weighted by molar-refractivity contribution is 0.167. The number of hydroxylamine groups is 1. The van der Waals surface area contributed by atoms with Gasteiger partial charge in [-0.15, -0.1) is 0 Å². The highest BCUT2D eigenvalue weighted by molar-refractivity contribution is 4.49. The third-order valence-electron chi connectivity index (χ3n) is 1.14. The van der Waals surface area contributed by atoms with E-state index in [2.05, 4.69) is 23.0 Å². The van der Waals surface area contributed by atoms with Crippen LogP contribution in [-0.4, -0.2) is 37.9 Å². The van der Waals surface area contributed by atoms with Gasteiger partial charge in [0, 0.05) is 26.2 Å². The van der Waals surface area contributed by atoms with Crippen molar-refractivity contribution in [1.29, 1.82) is 0 Å². The SMILES string of the molecule is CCNCCNCCNO. The fraction of sp³-hybridized carbons (Fsp3) is 1.00. The standard InChI is InChI=1S/C6H17N3O/c1-2-7-3-4-8-5-6-9-10/h7-10H,2-6H2,1H3. The number of likely N-dealkylation sites (N-methyl/N-ethyl adjacent to an activating group) is 1. The lowest BCUT2D eigenvalue weighted by atomic mass is 10.5. The minimum absolute atomic E-state index is 0.603. The highest BCUT2D eigenvalue weighted by Gasteiger charge is 1.84. The molecule has 4 nitrogen and oxygen atoms in total. The second-order valence-corrected chi connectivity index (χ2v) is 2.01. The Morgan fingerprint density at radius 1 is 1.00 bits per heavy atom. The molecule has 0 atom stereocenters. The molecule has 0 saturated heterocycles. The van der Waals surface area contributed by atoms with Gasteiger partial charge in [0.2, 0.25) is 0 Å². The molecule has 0 radical (unpaired) electrons. The van der Waals surface area contributed by atoms with Crippen molar-refractivity contribution < 1.29 is 5.21 Å². The predicted molar refractivity (Wildman–Crippen MR) is 41.2 cm³/mol. The van der Waals surface area contributed by atoms with Crippen molar-refractivity contribution in [3.63, 3.8) is 0 Å². The Morgan fingerprint density at radius 2 is 1.60 bits per heavy atom. The Kier molecular flexibility index (Phi) is 8.70. The Balaban J connectivity index is 2.65. The van der Waals surface area contributed by atoms with Crippen LogP contribution < -0.4 is 16.1 Å². The van der Waals surface area contributed by atoms with E-state index in [0.717, 1.165) is 26.2 Å². The lowest BCUT2D eigenvalue weighted by Crippen LogP contribution is -2.31. The monoisotopic (exact) mass is 147 g/mol. The maximum absolute atomic E-state index is 8.16. The molecule has 62 valence electrons. The summed E-state index contributed by atoms with van der Waals surface area (Å²) in [6.07, 6.45) is 0. The minimum atomic E-state index is 0.603. The van der Waals surface area contributed by atoms with E-state index >= 15 is 0 Å². The van der Waals surface area contributed by atoms with E-state index in [1.807, 2.05) is 0 Å². The largest absolute Gasteiger partial charge is 0.317 e. The maximum atomic E-state index is 8.16. The van der Waals surface area contributed by atoms with Gasteiger partial charge in [-0.1, -0.05) is 6.92 Å². The van der Waals surface area contributed by atoms with Crippen LogP contribution in [0.3, 0.4) is 0 Å². The van der Waals surface area contributed by atoms with E-state index in [1.54, 1.807) is 0 Å². The molecule has 0 saturated carbocycles. The first-order valence-electron chi connectivity index (χ1n) is 3.70. The topological polar surface area (TPSA) is 56.3 Å². The number of hydrogen-bond acceptors (Lipinski definition) is 4. The van der Waals surface area contributed by atoms with Gasteiger partial charge in [0.1, 0.15) is 0 Å². The van der Waals surface area contributed by atoms with E-state index in [1.165, 1.54) is 0 Å². The van der Waals surface area contributed by atoms with Gasteiger partial charge in [0.15, 0.2) is 0 Å². The molecule has 0 spiro atoms. The number of rotatable bonds is 7. The first-order chi connectivity index (χ1) is 4.91. The smallest absolute Gasteiger partial charge is 0.0332 e. The summed E-state index contributed by atoms with van der Waals surface area (Å²) in [7, 11) is 0. The summed E-state index contributed by atoms with van der Waals surface area (Å²) in [4.78, 5) is 0. The van der Waals surface area contributed by atoms with Crippen molar-refractivity contribution in [3.8, 4) is 0 Å². The second kappa shape index (κ2) is 8.84. The van der Waals surface area contributed by atoms with Crippen molar-refractivity contribution >= 4 is 0 Å². The molecule has 0 rings (SSSR count). The van der Waals surface area contributed by atoms with Crippen LogP contribution in [0.2, 0.25) is 0 Å². The second-order valence-electron chi connectivity index (χ2n) is 2.01. The number of nitrogens with one attached hydrogen (secondary N) is 3. The van der Waals surface area contributed by atoms with Crippen LogP contribution in [0, 0.1) is 0 Å². The maximum Gasteiger partial charge on any atom is 0.0332 e. The molecule has 0 aromatic carbocycles. The number of hydrogen-bond donors (Lipinski definition) is 4. The van der Waals surface area contributed by atoms with E-state index in [0.29, 0.717) is 6.54 Å². The molecule has 0 bridgehead atoms. The van der Waals surface area contributed by atoms with Gasteiger partial charge in [-0.25, -0.2) is 5.48 Å². The van der Waals surface area contributed by atoms with Crippen LogP contribution in [0.15, 0.2) is 0 Å². The molecule has 0 unspecified atom stereocenters. The molecule has 0 aliphatic carbocycles. The highest BCUT2D eigenvalue weighted by atomic mass is 16.5. The van der Waals surface area contributed by atoms with Crippen LogP contribution in [-0.2, 0) is 0 Å². The van der Waals surface area contributed by atoms with Crippen LogP contribution in [0.1, 0.15) is 6.92 Å². The van der Waals surface area contributed by atoms with Gasteiger partial charge in [0.05, 0.1) is 0 Å². The Hall–Kier alpha value is -0.160. The summed E-state index contributed by atoms with van der Waals surface area (Å²) >= 11 is 0. The van der Waals surface area contributed by atoms with E-state index in [-0.39, 0.29) is 0 Å². The molecular formula is C6H17N3O. The molecule has 10 heavy (non-hydrogen) atoms. The zero-order valence-electron chi connectivity index (χ0n) is 6.48. The predicted octanol–water partition coefficient (Wildman–Crippen LogP) is -0.836. The summed E-state index contributed by atoms with van der Waals surface area (Å²) in [5.74, 6) is 0. The van der Waals surface area contributed by atoms with Crippen LogP contribution in [0.4, 0.5) is 0 Å². The van der Waals surface area contributed by atoms with E-state index in [9.17, 15) is 0 Å². The van der Waals surface area contributed by atoms with Crippen LogP contribution in [0.5, 0.6) is 0 Å². The molecule has 0 aliphatic rings. The third-order valence-corrected chi connectivity index (χ3v) is 1.14. The van der Waals surface area contributed by atoms with Crippen molar-refractivity contribution in [2.24, 2.45) is 0 Å². The fourth-order valence-corrected chi connectivity index (χ4v) is 0.623. The molecule has 0 aromatic heterocycles. The van der Waals surface area contributed by atoms with Crippen molar-refractivity contribution in [2.75, 3.05) is 32.7 Å². The molecule has 0 aliphatic heterocycles. The van der Waals surface area contributed by atoms with Crippen molar-refractivity contribution in [1.82, 2.24) is 16.1 Å². The minimum Gasteiger partial charge on any atom is -0.317 e. The fourth-order valence-electron chi connectivity index (χ4n) is 0.623. The van der Waals surface area contributed by atoms with Crippen LogP contribution in [0.25, 0.3) is 0 Å². The summed E-state index contributed by atoms with van der Waals surface area (Å²) in [5, 5.41) is 14.5. The Morgan fingerprint density at radius 3 is 2.20 bits per heavy atom. The molecular weight excluding hydrogens is 130 g/mol. The normalized spacial score (nSPS) is 10.2. The van der Waals surface area contributed by atoms with Gasteiger partial charge in [-0.2, -0.15) is 0 Å². The zero-order chi connectivity index (χ0) is 7.66. The van der Waals surface area contributed by atoms with Gasteiger partial charge in [0.25, 0.3) is 0 Å². The Labute approximate surface area is 62.0 Å². The van der Waals surface area contributed by atoms with E-state index < -0.39 is 0 Å². The van der Waals surface area contributed by atoms with Gasteiger partial charge in [-0.05, 0) is 6.54 Å². The van der Waals surface area contributed by atoms with Crippen molar-refractivity contribution in [3.05, 3.63) is 0 Å². The average Bonchev–Trinajstić information content (AvgIpc) is 1.97. The molecule has 0 heterocycles. The summed E-state index contributed by atoms with van der Waals surface area (Å²) < 4.78 is 0. The van der Waals surface area contributed by atoms with Gasteiger partial charge >= 0.3 is 0 Å². The first-order valence-corrected chi connectivity index (χ1v) is 3.70. The van der Waals surface area contributed by atoms with Crippen molar-refractivity contribution in [2.45, 2.75) is 6.92 Å². The quantitative estimate of drug-likeness (QED) is 0.280. The summed E-state index contributed by atoms with van der Waals surface area (Å²) in [5.41, 5.74) is 2.08. The molecule has 4 N–H and O–H groups in total. The molecule has 0 aromatic rings. The lowest BCUT2D eigenvalue weighted by Gasteiger charge is -2.02. The van der Waals surface area contributed by atoms with E-state index in [4.69, 9.17) is 5.21 Å². The first kappa shape index (κ1) is 9.84. The Bertz CT molecular complexity index is 53.0. The molecule has 0 fully saturated rings. The average molecular weight is 147 g/mol. The van der Waals surface area contributed by atoms with Crippen LogP contribution >= 0.6 is 0 Å². The van der Waals surface area contributed by atoms with Gasteiger partial charge < -0.3 is 15.8 Å². The zero-order valence-corrected chi connectivity index (χ0v) is 6.48. The third kappa shape index (κ3) is 7.84. The van der Waals surface area contributed by atoms with Gasteiger partial charge in [-0.3, -0.25) is 0 Å². The highest BCUT2D eigenvalue weighted by Crippen LogP contribution is 1.58. The molecule has 0 amide bonds. The summed E-state index contributed by atoms with van der Waals surface area (Å²) in [6, 6.07) is 0. The molecule has 4 heteroatoms. The summed E-state index contributed by atoms with van der Waals surface area (Å²) in [6.45, 7) is 6.45.